The number of rotatable bonds is 2. The first kappa shape index (κ1) is 12.3. The van der Waals surface area contributed by atoms with Gasteiger partial charge in [0.25, 0.3) is 0 Å². The maximum absolute atomic E-state index is 10.5. The van der Waals surface area contributed by atoms with Crippen LogP contribution in [0.4, 0.5) is 0 Å². The predicted octanol–water partition coefficient (Wildman–Crippen LogP) is 0.448. The summed E-state index contributed by atoms with van der Waals surface area (Å²) in [6.45, 7) is 0. The fourth-order valence-electron chi connectivity index (χ4n) is 0.821. The van der Waals surface area contributed by atoms with Crippen molar-refractivity contribution in [3.05, 3.63) is 35.9 Å². The quantitative estimate of drug-likeness (QED) is 0.578. The average Bonchev–Trinajstić information content (AvgIpc) is 1.85. The molecule has 0 atom stereocenters. The maximum atomic E-state index is 10.5. The monoisotopic (exact) mass is 382 g/mol. The van der Waals surface area contributed by atoms with Gasteiger partial charge in [-0.15, -0.1) is 0 Å². The van der Waals surface area contributed by atoms with E-state index in [0.717, 1.165) is 0 Å². The third-order valence-electron chi connectivity index (χ3n) is 1.23. The van der Waals surface area contributed by atoms with E-state index in [1.165, 1.54) is 0 Å². The van der Waals surface area contributed by atoms with E-state index in [2.05, 4.69) is 0 Å². The summed E-state index contributed by atoms with van der Waals surface area (Å²) in [4.78, 5) is 17.2. The van der Waals surface area contributed by atoms with E-state index in [1.54, 1.807) is 24.3 Å². The second-order valence-corrected chi connectivity index (χ2v) is 3.95. The molecule has 3 nitrogen and oxygen atoms in total. The Morgan fingerprint density at radius 1 is 1.17 bits per heavy atom. The van der Waals surface area contributed by atoms with Gasteiger partial charge in [0.05, 0.1) is 6.16 Å². The Kier molecular flexibility index (Phi) is 5.24. The molecular weight excluding hydrogens is 370 g/mol. The Labute approximate surface area is 91.1 Å². The predicted molar refractivity (Wildman–Crippen MR) is 50.7 cm³/mol. The summed E-state index contributed by atoms with van der Waals surface area (Å²) >= 11 is 0. The summed E-state index contributed by atoms with van der Waals surface area (Å²) in [5.41, 5.74) is 0.667. The van der Waals surface area contributed by atoms with Crippen molar-refractivity contribution in [1.29, 1.82) is 0 Å². The van der Waals surface area contributed by atoms with Gasteiger partial charge < -0.3 is 9.79 Å². The van der Waals surface area contributed by atoms with Gasteiger partial charge >= 0.3 is 34.9 Å². The number of benzene rings is 1. The zero-order chi connectivity index (χ0) is 8.32. The standard InChI is InChI=1S/C7H9O3P.Pb.2H/c8-11(9,10)6-7-4-2-1-3-5-7;;;/h1-5H,6H2,(H2,8,9,10);;;. The fraction of sp³-hybridized carbons (Fsp3) is 0.143. The molecule has 66 valence electrons. The van der Waals surface area contributed by atoms with Crippen LogP contribution >= 0.6 is 7.60 Å². The SMILES string of the molecule is O=P(O)(O)Cc1ccccc1.[PbH2]. The van der Waals surface area contributed by atoms with Crippen molar-refractivity contribution in [2.24, 2.45) is 0 Å². The topological polar surface area (TPSA) is 57.5 Å². The van der Waals surface area contributed by atoms with Crippen LogP contribution in [-0.4, -0.2) is 37.1 Å². The summed E-state index contributed by atoms with van der Waals surface area (Å²) in [6, 6.07) is 8.71. The molecule has 0 bridgehead atoms. The van der Waals surface area contributed by atoms with Crippen LogP contribution in [0.1, 0.15) is 5.56 Å². The molecule has 2 radical (unpaired) electrons. The molecule has 0 saturated heterocycles. The van der Waals surface area contributed by atoms with E-state index < -0.39 is 7.60 Å². The van der Waals surface area contributed by atoms with E-state index in [9.17, 15) is 4.57 Å². The molecular formula is C7H11O3PPb. The number of hydrogen-bond acceptors (Lipinski definition) is 1. The molecule has 12 heavy (non-hydrogen) atoms. The summed E-state index contributed by atoms with van der Waals surface area (Å²) in [5.74, 6) is 0. The van der Waals surface area contributed by atoms with E-state index in [-0.39, 0.29) is 33.5 Å². The number of hydrogen-bond donors (Lipinski definition) is 2. The zero-order valence-electron chi connectivity index (χ0n) is 6.55. The van der Waals surface area contributed by atoms with E-state index in [0.29, 0.717) is 5.56 Å². The summed E-state index contributed by atoms with van der Waals surface area (Å²) in [6.07, 6.45) is -0.173. The first-order valence-corrected chi connectivity index (χ1v) is 4.96. The van der Waals surface area contributed by atoms with Gasteiger partial charge in [-0.1, -0.05) is 30.3 Å². The van der Waals surface area contributed by atoms with Crippen LogP contribution in [0.25, 0.3) is 0 Å². The Hall–Kier alpha value is 0.292. The summed E-state index contributed by atoms with van der Waals surface area (Å²) in [5, 5.41) is 0. The Morgan fingerprint density at radius 3 is 2.08 bits per heavy atom. The molecule has 0 saturated carbocycles. The first-order chi connectivity index (χ1) is 5.08. The van der Waals surface area contributed by atoms with Gasteiger partial charge in [0, 0.05) is 0 Å². The first-order valence-electron chi connectivity index (χ1n) is 3.16. The molecule has 0 heterocycles. The molecule has 0 unspecified atom stereocenters. The van der Waals surface area contributed by atoms with Crippen molar-refractivity contribution in [3.8, 4) is 0 Å². The van der Waals surface area contributed by atoms with Crippen molar-refractivity contribution in [3.63, 3.8) is 0 Å². The third kappa shape index (κ3) is 5.03. The van der Waals surface area contributed by atoms with Crippen molar-refractivity contribution in [2.45, 2.75) is 6.16 Å². The molecule has 2 N–H and O–H groups in total. The average molecular weight is 381 g/mol. The summed E-state index contributed by atoms with van der Waals surface area (Å²) in [7, 11) is -3.89. The fourth-order valence-corrected chi connectivity index (χ4v) is 1.51. The van der Waals surface area contributed by atoms with Crippen molar-refractivity contribution in [2.75, 3.05) is 0 Å². The van der Waals surface area contributed by atoms with Gasteiger partial charge in [-0.2, -0.15) is 0 Å². The van der Waals surface area contributed by atoms with Gasteiger partial charge in [0.1, 0.15) is 0 Å². The van der Waals surface area contributed by atoms with E-state index >= 15 is 0 Å². The minimum atomic E-state index is -3.89. The van der Waals surface area contributed by atoms with Gasteiger partial charge in [0.2, 0.25) is 0 Å². The molecule has 0 aromatic heterocycles. The van der Waals surface area contributed by atoms with Crippen LogP contribution in [0.3, 0.4) is 0 Å². The molecule has 0 amide bonds. The van der Waals surface area contributed by atoms with Crippen LogP contribution in [0, 0.1) is 0 Å². The second-order valence-electron chi connectivity index (χ2n) is 2.31. The van der Waals surface area contributed by atoms with E-state index in [1.807, 2.05) is 6.07 Å². The molecule has 0 aliphatic rings. The molecule has 0 fully saturated rings. The van der Waals surface area contributed by atoms with Gasteiger partial charge in [0.15, 0.2) is 0 Å². The Balaban J connectivity index is 0.00000121. The zero-order valence-corrected chi connectivity index (χ0v) is 12.9. The second kappa shape index (κ2) is 5.12. The summed E-state index contributed by atoms with van der Waals surface area (Å²) < 4.78 is 10.5. The molecule has 5 heteroatoms. The van der Waals surface area contributed by atoms with Crippen LogP contribution in [0.5, 0.6) is 0 Å². The van der Waals surface area contributed by atoms with Crippen LogP contribution in [0.15, 0.2) is 30.3 Å². The Bertz CT molecular complexity index is 269. The Morgan fingerprint density at radius 2 is 1.67 bits per heavy atom. The molecule has 1 rings (SSSR count). The molecule has 0 aliphatic carbocycles. The third-order valence-corrected chi connectivity index (χ3v) is 2.01. The molecule has 0 spiro atoms. The van der Waals surface area contributed by atoms with Crippen LogP contribution in [0.2, 0.25) is 0 Å². The normalized spacial score (nSPS) is 10.5. The molecule has 1 aromatic carbocycles. The van der Waals surface area contributed by atoms with Gasteiger partial charge in [-0.3, -0.25) is 4.57 Å². The van der Waals surface area contributed by atoms with Crippen molar-refractivity contribution in [1.82, 2.24) is 0 Å². The van der Waals surface area contributed by atoms with Crippen molar-refractivity contribution >= 4 is 34.9 Å². The molecule has 1 aromatic rings. The van der Waals surface area contributed by atoms with Gasteiger partial charge in [-0.25, -0.2) is 0 Å². The van der Waals surface area contributed by atoms with Crippen molar-refractivity contribution < 1.29 is 14.4 Å². The minimum absolute atomic E-state index is 0. The van der Waals surface area contributed by atoms with Gasteiger partial charge in [-0.05, 0) is 5.56 Å². The van der Waals surface area contributed by atoms with Crippen LogP contribution in [-0.2, 0) is 10.7 Å². The molecule has 0 aliphatic heterocycles. The van der Waals surface area contributed by atoms with Crippen LogP contribution < -0.4 is 0 Å². The van der Waals surface area contributed by atoms with E-state index in [4.69, 9.17) is 9.79 Å².